The highest BCUT2D eigenvalue weighted by Gasteiger charge is 2.38. The molecule has 3 atom stereocenters. The van der Waals surface area contributed by atoms with Gasteiger partial charge in [-0.05, 0) is 60.9 Å². The van der Waals surface area contributed by atoms with E-state index in [9.17, 15) is 4.39 Å². The number of halogens is 1. The summed E-state index contributed by atoms with van der Waals surface area (Å²) in [6, 6.07) is 10.4. The Morgan fingerprint density at radius 3 is 2.75 bits per heavy atom. The molecular weight excluding hydrogens is 353 g/mol. The van der Waals surface area contributed by atoms with Crippen LogP contribution in [0.1, 0.15) is 39.2 Å². The Balaban J connectivity index is 0.00000240. The molecule has 4 N–H and O–H groups in total. The zero-order chi connectivity index (χ0) is 19.5. The van der Waals surface area contributed by atoms with Crippen molar-refractivity contribution in [1.29, 1.82) is 0 Å². The first kappa shape index (κ1) is 18.7. The average Bonchev–Trinajstić information content (AvgIpc) is 2.72. The fourth-order valence-electron chi connectivity index (χ4n) is 4.68. The largest absolute Gasteiger partial charge is 0.414 e. The van der Waals surface area contributed by atoms with Crippen LogP contribution < -0.4 is 11.6 Å². The maximum Gasteiger partial charge on any atom is 0.149 e. The Morgan fingerprint density at radius 1 is 1.14 bits per heavy atom. The SMILES string of the molecule is NOC1=C(N)C[C@@H]2CCCCC2[C@@H]1/C=C/c1ccc(-c2cccc(F)c2)cn1.[HH]. The molecule has 1 fully saturated rings. The van der Waals surface area contributed by atoms with E-state index >= 15 is 0 Å². The Hall–Kier alpha value is -2.66. The van der Waals surface area contributed by atoms with Gasteiger partial charge in [-0.1, -0.05) is 37.1 Å². The molecule has 4 rings (SSSR count). The third-order valence-corrected chi connectivity index (χ3v) is 6.08. The maximum atomic E-state index is 13.4. The van der Waals surface area contributed by atoms with Gasteiger partial charge < -0.3 is 10.6 Å². The van der Waals surface area contributed by atoms with Crippen LogP contribution in [0.5, 0.6) is 0 Å². The van der Waals surface area contributed by atoms with Gasteiger partial charge in [0.15, 0.2) is 0 Å². The van der Waals surface area contributed by atoms with E-state index in [1.807, 2.05) is 24.3 Å². The molecule has 1 unspecified atom stereocenters. The summed E-state index contributed by atoms with van der Waals surface area (Å²) in [5.41, 5.74) is 9.56. The second-order valence-electron chi connectivity index (χ2n) is 7.79. The zero-order valence-corrected chi connectivity index (χ0v) is 15.9. The van der Waals surface area contributed by atoms with Gasteiger partial charge in [0.05, 0.1) is 5.69 Å². The molecular formula is C23H28FN3O. The van der Waals surface area contributed by atoms with Crippen LogP contribution in [0.25, 0.3) is 17.2 Å². The van der Waals surface area contributed by atoms with E-state index < -0.39 is 0 Å². The van der Waals surface area contributed by atoms with Gasteiger partial charge in [0.1, 0.15) is 11.6 Å². The Morgan fingerprint density at radius 2 is 2.00 bits per heavy atom. The number of pyridine rings is 1. The van der Waals surface area contributed by atoms with E-state index in [-0.39, 0.29) is 13.2 Å². The molecule has 2 aromatic rings. The van der Waals surface area contributed by atoms with E-state index in [2.05, 4.69) is 11.1 Å². The highest BCUT2D eigenvalue weighted by atomic mass is 19.1. The quantitative estimate of drug-likeness (QED) is 0.728. The lowest BCUT2D eigenvalue weighted by molar-refractivity contribution is 0.105. The number of benzene rings is 1. The first-order chi connectivity index (χ1) is 13.7. The molecule has 2 aliphatic rings. The molecule has 1 aromatic carbocycles. The summed E-state index contributed by atoms with van der Waals surface area (Å²) < 4.78 is 13.4. The molecule has 0 spiro atoms. The molecule has 0 amide bonds. The Bertz CT molecular complexity index is 897. The van der Waals surface area contributed by atoms with Crippen molar-refractivity contribution in [3.63, 3.8) is 0 Å². The predicted octanol–water partition coefficient (Wildman–Crippen LogP) is 5.03. The predicted molar refractivity (Wildman–Crippen MR) is 111 cm³/mol. The number of hydrogen-bond donors (Lipinski definition) is 2. The van der Waals surface area contributed by atoms with Gasteiger partial charge in [-0.15, -0.1) is 0 Å². The van der Waals surface area contributed by atoms with Crippen molar-refractivity contribution >= 4 is 6.08 Å². The van der Waals surface area contributed by atoms with Crippen LogP contribution in [-0.4, -0.2) is 4.98 Å². The van der Waals surface area contributed by atoms with Crippen LogP contribution in [-0.2, 0) is 4.84 Å². The minimum atomic E-state index is -0.250. The van der Waals surface area contributed by atoms with Gasteiger partial charge in [0.25, 0.3) is 0 Å². The summed E-state index contributed by atoms with van der Waals surface area (Å²) in [6.45, 7) is 0. The highest BCUT2D eigenvalue weighted by Crippen LogP contribution is 2.46. The number of fused-ring (bicyclic) bond motifs is 1. The van der Waals surface area contributed by atoms with Gasteiger partial charge in [0, 0.05) is 24.8 Å². The molecule has 0 bridgehead atoms. The van der Waals surface area contributed by atoms with Crippen molar-refractivity contribution in [2.24, 2.45) is 29.4 Å². The smallest absolute Gasteiger partial charge is 0.149 e. The van der Waals surface area contributed by atoms with Gasteiger partial charge >= 0.3 is 0 Å². The number of allylic oxidation sites excluding steroid dienone is 2. The van der Waals surface area contributed by atoms with Crippen LogP contribution in [0.15, 0.2) is 60.1 Å². The molecule has 5 heteroatoms. The molecule has 1 heterocycles. The fourth-order valence-corrected chi connectivity index (χ4v) is 4.68. The molecule has 0 radical (unpaired) electrons. The fraction of sp³-hybridized carbons (Fsp3) is 0.348. The van der Waals surface area contributed by atoms with Crippen molar-refractivity contribution in [2.75, 3.05) is 0 Å². The molecule has 4 nitrogen and oxygen atoms in total. The van der Waals surface area contributed by atoms with Crippen molar-refractivity contribution in [3.8, 4) is 11.1 Å². The average molecular weight is 381 g/mol. The highest BCUT2D eigenvalue weighted by molar-refractivity contribution is 5.63. The monoisotopic (exact) mass is 381 g/mol. The van der Waals surface area contributed by atoms with E-state index in [0.717, 1.165) is 28.9 Å². The zero-order valence-electron chi connectivity index (χ0n) is 15.9. The summed E-state index contributed by atoms with van der Waals surface area (Å²) in [5.74, 6) is 7.22. The summed E-state index contributed by atoms with van der Waals surface area (Å²) in [7, 11) is 0. The van der Waals surface area contributed by atoms with Crippen LogP contribution in [0.3, 0.4) is 0 Å². The van der Waals surface area contributed by atoms with Gasteiger partial charge in [-0.25, -0.2) is 4.39 Å². The van der Waals surface area contributed by atoms with E-state index in [0.29, 0.717) is 17.6 Å². The van der Waals surface area contributed by atoms with Gasteiger partial charge in [-0.3, -0.25) is 4.98 Å². The minimum absolute atomic E-state index is 0. The number of hydrogen-bond acceptors (Lipinski definition) is 4. The van der Waals surface area contributed by atoms with Crippen molar-refractivity contribution in [2.45, 2.75) is 32.1 Å². The lowest BCUT2D eigenvalue weighted by atomic mass is 9.66. The third kappa shape index (κ3) is 3.80. The lowest BCUT2D eigenvalue weighted by Crippen LogP contribution is -2.35. The molecule has 28 heavy (non-hydrogen) atoms. The summed E-state index contributed by atoms with van der Waals surface area (Å²) in [4.78, 5) is 9.70. The van der Waals surface area contributed by atoms with Crippen LogP contribution in [0.2, 0.25) is 0 Å². The summed E-state index contributed by atoms with van der Waals surface area (Å²) in [5, 5.41) is 0. The topological polar surface area (TPSA) is 74.2 Å². The molecule has 1 saturated carbocycles. The van der Waals surface area contributed by atoms with Crippen molar-refractivity contribution in [1.82, 2.24) is 4.98 Å². The molecule has 2 aliphatic carbocycles. The van der Waals surface area contributed by atoms with Crippen molar-refractivity contribution < 1.29 is 10.7 Å². The maximum absolute atomic E-state index is 13.4. The molecule has 148 valence electrons. The van der Waals surface area contributed by atoms with Crippen molar-refractivity contribution in [3.05, 3.63) is 71.6 Å². The summed E-state index contributed by atoms with van der Waals surface area (Å²) in [6.07, 6.45) is 11.7. The normalized spacial score (nSPS) is 25.0. The lowest BCUT2D eigenvalue weighted by Gasteiger charge is -2.40. The first-order valence-corrected chi connectivity index (χ1v) is 9.91. The second-order valence-corrected chi connectivity index (χ2v) is 7.79. The standard InChI is InChI=1S/C23H26FN3O.H2/c24-18-6-3-5-15(12-18)17-8-9-19(27-14-17)10-11-21-20-7-2-1-4-16(20)13-22(25)23(21)28-26;/h3,5-6,8-12,14,16,20-21H,1-2,4,7,13,25-26H2;1H/b11-10+;/t16-,20?,21-;/m0./s1. The van der Waals surface area contributed by atoms with E-state index in [1.54, 1.807) is 12.3 Å². The minimum Gasteiger partial charge on any atom is -0.414 e. The Labute approximate surface area is 166 Å². The molecule has 1 aromatic heterocycles. The van der Waals surface area contributed by atoms with Gasteiger partial charge in [-0.2, -0.15) is 5.90 Å². The molecule has 0 aliphatic heterocycles. The Kier molecular flexibility index (Phi) is 5.44. The van der Waals surface area contributed by atoms with Crippen LogP contribution in [0.4, 0.5) is 4.39 Å². The van der Waals surface area contributed by atoms with Gasteiger partial charge in [0.2, 0.25) is 0 Å². The number of nitrogens with two attached hydrogens (primary N) is 2. The molecule has 0 saturated heterocycles. The summed E-state index contributed by atoms with van der Waals surface area (Å²) >= 11 is 0. The van der Waals surface area contributed by atoms with Crippen LogP contribution >= 0.6 is 0 Å². The third-order valence-electron chi connectivity index (χ3n) is 6.08. The van der Waals surface area contributed by atoms with E-state index in [4.69, 9.17) is 16.5 Å². The second kappa shape index (κ2) is 8.15. The van der Waals surface area contributed by atoms with Crippen LogP contribution in [0, 0.1) is 23.6 Å². The number of nitrogens with zero attached hydrogens (tertiary/aromatic N) is 1. The first-order valence-electron chi connectivity index (χ1n) is 9.91. The number of rotatable bonds is 4. The number of aromatic nitrogens is 1. The van der Waals surface area contributed by atoms with E-state index in [1.165, 1.54) is 37.8 Å².